The van der Waals surface area contributed by atoms with Gasteiger partial charge in [0.05, 0.1) is 0 Å². The van der Waals surface area contributed by atoms with Crippen molar-refractivity contribution in [3.63, 3.8) is 0 Å². The molecule has 2 aliphatic rings. The first-order chi connectivity index (χ1) is 8.66. The maximum atomic E-state index is 12.6. The molecule has 2 fully saturated rings. The quantitative estimate of drug-likeness (QED) is 0.813. The van der Waals surface area contributed by atoms with Gasteiger partial charge in [-0.2, -0.15) is 0 Å². The second-order valence-corrected chi connectivity index (χ2v) is 5.66. The number of carbonyl (C=O) groups is 1. The summed E-state index contributed by atoms with van der Waals surface area (Å²) in [6.07, 6.45) is 0. The number of aryl methyl sites for hydroxylation is 2. The zero-order valence-corrected chi connectivity index (χ0v) is 11.1. The first kappa shape index (κ1) is 11.7. The Morgan fingerprint density at radius 3 is 2.28 bits per heavy atom. The van der Waals surface area contributed by atoms with E-state index in [1.54, 1.807) is 0 Å². The predicted octanol–water partition coefficient (Wildman–Crippen LogP) is 1.59. The average Bonchev–Trinajstić information content (AvgIpc) is 2.88. The topological polar surface area (TPSA) is 32.3 Å². The highest BCUT2D eigenvalue weighted by Crippen LogP contribution is 2.28. The van der Waals surface area contributed by atoms with Crippen molar-refractivity contribution in [3.8, 4) is 0 Å². The summed E-state index contributed by atoms with van der Waals surface area (Å²) in [5, 5.41) is 3.41. The summed E-state index contributed by atoms with van der Waals surface area (Å²) in [5.41, 5.74) is 3.09. The van der Waals surface area contributed by atoms with Gasteiger partial charge in [0.25, 0.3) is 5.91 Å². The Labute approximate surface area is 108 Å². The van der Waals surface area contributed by atoms with Crippen molar-refractivity contribution in [2.75, 3.05) is 26.2 Å². The molecule has 3 heteroatoms. The van der Waals surface area contributed by atoms with E-state index in [9.17, 15) is 4.79 Å². The third kappa shape index (κ3) is 1.83. The molecule has 0 bridgehead atoms. The number of hydrogen-bond acceptors (Lipinski definition) is 2. The minimum atomic E-state index is 0.222. The van der Waals surface area contributed by atoms with Gasteiger partial charge in [-0.25, -0.2) is 0 Å². The van der Waals surface area contributed by atoms with Gasteiger partial charge in [0.15, 0.2) is 0 Å². The predicted molar refractivity (Wildman–Crippen MR) is 71.7 cm³/mol. The van der Waals surface area contributed by atoms with Crippen molar-refractivity contribution >= 4 is 5.91 Å². The van der Waals surface area contributed by atoms with Crippen LogP contribution in [-0.4, -0.2) is 37.0 Å². The van der Waals surface area contributed by atoms with Crippen LogP contribution in [0.1, 0.15) is 21.5 Å². The number of carbonyl (C=O) groups excluding carboxylic acids is 1. The SMILES string of the molecule is Cc1cccc(C)c1C(=O)N1C[C@H]2CNC[C@H]2C1. The van der Waals surface area contributed by atoms with Gasteiger partial charge in [-0.05, 0) is 36.8 Å². The van der Waals surface area contributed by atoms with Gasteiger partial charge < -0.3 is 10.2 Å². The zero-order chi connectivity index (χ0) is 12.7. The fourth-order valence-electron chi connectivity index (χ4n) is 3.33. The number of amides is 1. The van der Waals surface area contributed by atoms with E-state index in [4.69, 9.17) is 0 Å². The molecule has 18 heavy (non-hydrogen) atoms. The van der Waals surface area contributed by atoms with E-state index in [0.717, 1.165) is 42.9 Å². The fraction of sp³-hybridized carbons (Fsp3) is 0.533. The molecule has 2 saturated heterocycles. The molecule has 2 aliphatic heterocycles. The number of fused-ring (bicyclic) bond motifs is 1. The van der Waals surface area contributed by atoms with E-state index < -0.39 is 0 Å². The standard InChI is InChI=1S/C15H20N2O/c1-10-4-3-5-11(2)14(10)15(18)17-8-12-6-16-7-13(12)9-17/h3-5,12-13,16H,6-9H2,1-2H3/t12-,13+. The highest BCUT2D eigenvalue weighted by molar-refractivity contribution is 5.97. The number of hydrogen-bond donors (Lipinski definition) is 1. The first-order valence-electron chi connectivity index (χ1n) is 6.73. The van der Waals surface area contributed by atoms with E-state index in [0.29, 0.717) is 11.8 Å². The molecule has 1 aromatic rings. The van der Waals surface area contributed by atoms with Gasteiger partial charge in [-0.1, -0.05) is 18.2 Å². The zero-order valence-electron chi connectivity index (χ0n) is 11.1. The van der Waals surface area contributed by atoms with Crippen molar-refractivity contribution < 1.29 is 4.79 Å². The summed E-state index contributed by atoms with van der Waals surface area (Å²) in [6, 6.07) is 6.07. The molecule has 1 N–H and O–H groups in total. The van der Waals surface area contributed by atoms with Gasteiger partial charge in [0, 0.05) is 31.7 Å². The fourth-order valence-corrected chi connectivity index (χ4v) is 3.33. The van der Waals surface area contributed by atoms with Crippen molar-refractivity contribution in [1.29, 1.82) is 0 Å². The molecule has 3 rings (SSSR count). The van der Waals surface area contributed by atoms with E-state index >= 15 is 0 Å². The monoisotopic (exact) mass is 244 g/mol. The van der Waals surface area contributed by atoms with Gasteiger partial charge >= 0.3 is 0 Å². The van der Waals surface area contributed by atoms with Crippen molar-refractivity contribution in [1.82, 2.24) is 10.2 Å². The third-order valence-electron chi connectivity index (χ3n) is 4.37. The highest BCUT2D eigenvalue weighted by atomic mass is 16.2. The number of benzene rings is 1. The molecule has 0 aromatic heterocycles. The van der Waals surface area contributed by atoms with Crippen LogP contribution in [-0.2, 0) is 0 Å². The second-order valence-electron chi connectivity index (χ2n) is 5.66. The van der Waals surface area contributed by atoms with Crippen LogP contribution >= 0.6 is 0 Å². The number of rotatable bonds is 1. The van der Waals surface area contributed by atoms with Crippen LogP contribution in [0.2, 0.25) is 0 Å². The molecule has 2 heterocycles. The van der Waals surface area contributed by atoms with Crippen LogP contribution < -0.4 is 5.32 Å². The Bertz CT molecular complexity index is 451. The molecule has 1 amide bonds. The summed E-state index contributed by atoms with van der Waals surface area (Å²) < 4.78 is 0. The summed E-state index contributed by atoms with van der Waals surface area (Å²) in [7, 11) is 0. The van der Waals surface area contributed by atoms with Crippen LogP contribution in [0, 0.1) is 25.7 Å². The van der Waals surface area contributed by atoms with Crippen LogP contribution in [0.3, 0.4) is 0 Å². The lowest BCUT2D eigenvalue weighted by Gasteiger charge is -2.20. The number of likely N-dealkylation sites (tertiary alicyclic amines) is 1. The molecule has 0 unspecified atom stereocenters. The summed E-state index contributed by atoms with van der Waals surface area (Å²) in [5.74, 6) is 1.55. The molecule has 2 atom stereocenters. The number of nitrogens with zero attached hydrogens (tertiary/aromatic N) is 1. The Hall–Kier alpha value is -1.35. The first-order valence-corrected chi connectivity index (χ1v) is 6.73. The largest absolute Gasteiger partial charge is 0.338 e. The molecular weight excluding hydrogens is 224 g/mol. The summed E-state index contributed by atoms with van der Waals surface area (Å²) in [6.45, 7) is 8.04. The van der Waals surface area contributed by atoms with E-state index in [1.165, 1.54) is 0 Å². The highest BCUT2D eigenvalue weighted by Gasteiger charge is 2.38. The van der Waals surface area contributed by atoms with Crippen LogP contribution in [0.4, 0.5) is 0 Å². The molecule has 0 aliphatic carbocycles. The maximum absolute atomic E-state index is 12.6. The smallest absolute Gasteiger partial charge is 0.254 e. The normalized spacial score (nSPS) is 26.4. The van der Waals surface area contributed by atoms with Crippen molar-refractivity contribution in [3.05, 3.63) is 34.9 Å². The van der Waals surface area contributed by atoms with Gasteiger partial charge in [-0.15, -0.1) is 0 Å². The second kappa shape index (κ2) is 4.39. The molecule has 3 nitrogen and oxygen atoms in total. The summed E-state index contributed by atoms with van der Waals surface area (Å²) >= 11 is 0. The molecule has 0 spiro atoms. The molecule has 0 saturated carbocycles. The van der Waals surface area contributed by atoms with Crippen molar-refractivity contribution in [2.45, 2.75) is 13.8 Å². The summed E-state index contributed by atoms with van der Waals surface area (Å²) in [4.78, 5) is 14.7. The van der Waals surface area contributed by atoms with Gasteiger partial charge in [0.2, 0.25) is 0 Å². The lowest BCUT2D eigenvalue weighted by atomic mass is 10.0. The molecule has 96 valence electrons. The average molecular weight is 244 g/mol. The lowest BCUT2D eigenvalue weighted by molar-refractivity contribution is 0.0780. The van der Waals surface area contributed by atoms with Gasteiger partial charge in [0.1, 0.15) is 0 Å². The van der Waals surface area contributed by atoms with Crippen molar-refractivity contribution in [2.24, 2.45) is 11.8 Å². The van der Waals surface area contributed by atoms with Gasteiger partial charge in [-0.3, -0.25) is 4.79 Å². The van der Waals surface area contributed by atoms with Crippen LogP contribution in [0.5, 0.6) is 0 Å². The van der Waals surface area contributed by atoms with E-state index in [1.807, 2.05) is 36.9 Å². The Kier molecular flexibility index (Phi) is 2.86. The lowest BCUT2D eigenvalue weighted by Crippen LogP contribution is -2.32. The molecule has 0 radical (unpaired) electrons. The third-order valence-corrected chi connectivity index (χ3v) is 4.37. The Morgan fingerprint density at radius 2 is 1.72 bits per heavy atom. The van der Waals surface area contributed by atoms with E-state index in [2.05, 4.69) is 5.32 Å². The molecular formula is C15H20N2O. The Balaban J connectivity index is 1.83. The molecule has 1 aromatic carbocycles. The van der Waals surface area contributed by atoms with Crippen LogP contribution in [0.15, 0.2) is 18.2 Å². The minimum absolute atomic E-state index is 0.222. The Morgan fingerprint density at radius 1 is 1.17 bits per heavy atom. The van der Waals surface area contributed by atoms with Crippen LogP contribution in [0.25, 0.3) is 0 Å². The number of nitrogens with one attached hydrogen (secondary N) is 1. The van der Waals surface area contributed by atoms with E-state index in [-0.39, 0.29) is 5.91 Å². The maximum Gasteiger partial charge on any atom is 0.254 e. The minimum Gasteiger partial charge on any atom is -0.338 e.